The zero-order valence-electron chi connectivity index (χ0n) is 9.58. The summed E-state index contributed by atoms with van der Waals surface area (Å²) < 4.78 is 0. The number of phenolic OH excluding ortho intramolecular Hbond substituents is 2. The third-order valence-corrected chi connectivity index (χ3v) is 2.54. The number of aldehydes is 1. The van der Waals surface area contributed by atoms with E-state index in [9.17, 15) is 15.0 Å². The van der Waals surface area contributed by atoms with Crippen molar-refractivity contribution in [3.8, 4) is 11.5 Å². The predicted molar refractivity (Wildman–Crippen MR) is 70.5 cm³/mol. The minimum absolute atomic E-state index is 0.137. The van der Waals surface area contributed by atoms with Crippen LogP contribution in [0.5, 0.6) is 11.5 Å². The number of aromatic hydroxyl groups is 2. The van der Waals surface area contributed by atoms with Crippen LogP contribution in [0.15, 0.2) is 42.5 Å². The number of carbonyl (C=O) groups is 1. The smallest absolute Gasteiger partial charge is 0.157 e. The maximum atomic E-state index is 10.5. The molecule has 2 aromatic rings. The fourth-order valence-electron chi connectivity index (χ4n) is 1.52. The molecule has 0 saturated heterocycles. The Bertz CT molecular complexity index is 583. The second kappa shape index (κ2) is 5.19. The van der Waals surface area contributed by atoms with Gasteiger partial charge in [-0.25, -0.2) is 0 Å². The first kappa shape index (κ1) is 11.9. The molecule has 3 heteroatoms. The molecule has 0 atom stereocenters. The standard InChI is InChI=1S/C15H12O3/c16-10-13-5-2-11(3-6-13)1-4-12-7-8-14(17)15(18)9-12/h1-10,17-18H. The van der Waals surface area contributed by atoms with E-state index in [1.165, 1.54) is 12.1 Å². The molecule has 2 rings (SSSR count). The zero-order chi connectivity index (χ0) is 13.0. The lowest BCUT2D eigenvalue weighted by molar-refractivity contribution is 0.112. The lowest BCUT2D eigenvalue weighted by Crippen LogP contribution is -1.79. The average molecular weight is 240 g/mol. The van der Waals surface area contributed by atoms with Gasteiger partial charge in [0, 0.05) is 5.56 Å². The molecule has 2 N–H and O–H groups in total. The van der Waals surface area contributed by atoms with Crippen molar-refractivity contribution in [1.29, 1.82) is 0 Å². The highest BCUT2D eigenvalue weighted by atomic mass is 16.3. The highest BCUT2D eigenvalue weighted by Gasteiger charge is 1.97. The highest BCUT2D eigenvalue weighted by Crippen LogP contribution is 2.25. The molecular weight excluding hydrogens is 228 g/mol. The quantitative estimate of drug-likeness (QED) is 0.492. The van der Waals surface area contributed by atoms with Crippen LogP contribution < -0.4 is 0 Å². The molecule has 0 heterocycles. The largest absolute Gasteiger partial charge is 0.504 e. The van der Waals surface area contributed by atoms with Gasteiger partial charge in [-0.05, 0) is 23.3 Å². The summed E-state index contributed by atoms with van der Waals surface area (Å²) in [5.74, 6) is -0.282. The number of hydrogen-bond acceptors (Lipinski definition) is 3. The summed E-state index contributed by atoms with van der Waals surface area (Å²) in [6.45, 7) is 0. The topological polar surface area (TPSA) is 57.5 Å². The van der Waals surface area contributed by atoms with Crippen LogP contribution in [0.2, 0.25) is 0 Å². The Morgan fingerprint density at radius 1 is 0.722 bits per heavy atom. The van der Waals surface area contributed by atoms with E-state index in [-0.39, 0.29) is 11.5 Å². The zero-order valence-corrected chi connectivity index (χ0v) is 9.58. The fraction of sp³-hybridized carbons (Fsp3) is 0. The van der Waals surface area contributed by atoms with Crippen molar-refractivity contribution in [2.24, 2.45) is 0 Å². The van der Waals surface area contributed by atoms with Crippen molar-refractivity contribution in [3.05, 3.63) is 59.2 Å². The first-order chi connectivity index (χ1) is 8.69. The molecule has 0 fully saturated rings. The summed E-state index contributed by atoms with van der Waals surface area (Å²) in [4.78, 5) is 10.5. The Labute approximate surface area is 105 Å². The summed E-state index contributed by atoms with van der Waals surface area (Å²) in [6.07, 6.45) is 4.47. The van der Waals surface area contributed by atoms with Gasteiger partial charge >= 0.3 is 0 Å². The Morgan fingerprint density at radius 3 is 1.89 bits per heavy atom. The number of carbonyl (C=O) groups excluding carboxylic acids is 1. The number of phenols is 2. The average Bonchev–Trinajstić information content (AvgIpc) is 2.41. The van der Waals surface area contributed by atoms with Crippen molar-refractivity contribution in [2.45, 2.75) is 0 Å². The van der Waals surface area contributed by atoms with Gasteiger partial charge in [0.25, 0.3) is 0 Å². The summed E-state index contributed by atoms with van der Waals surface area (Å²) in [6, 6.07) is 11.8. The number of rotatable bonds is 3. The van der Waals surface area contributed by atoms with Gasteiger partial charge in [-0.1, -0.05) is 42.5 Å². The van der Waals surface area contributed by atoms with Crippen molar-refractivity contribution in [3.63, 3.8) is 0 Å². The van der Waals surface area contributed by atoms with Gasteiger partial charge in [-0.15, -0.1) is 0 Å². The van der Waals surface area contributed by atoms with Gasteiger partial charge < -0.3 is 10.2 Å². The van der Waals surface area contributed by atoms with E-state index in [1.807, 2.05) is 24.3 Å². The minimum Gasteiger partial charge on any atom is -0.504 e. The first-order valence-electron chi connectivity index (χ1n) is 5.44. The SMILES string of the molecule is O=Cc1ccc(C=Cc2ccc(O)c(O)c2)cc1. The predicted octanol–water partition coefficient (Wildman–Crippen LogP) is 3.08. The molecule has 0 saturated carbocycles. The third kappa shape index (κ3) is 2.77. The van der Waals surface area contributed by atoms with Crippen LogP contribution >= 0.6 is 0 Å². The number of benzene rings is 2. The van der Waals surface area contributed by atoms with Gasteiger partial charge in [-0.2, -0.15) is 0 Å². The van der Waals surface area contributed by atoms with Crippen LogP contribution in [0.1, 0.15) is 21.5 Å². The molecule has 18 heavy (non-hydrogen) atoms. The van der Waals surface area contributed by atoms with Crippen LogP contribution in [0, 0.1) is 0 Å². The second-order valence-electron chi connectivity index (χ2n) is 3.87. The monoisotopic (exact) mass is 240 g/mol. The fourth-order valence-corrected chi connectivity index (χ4v) is 1.52. The number of hydrogen-bond donors (Lipinski definition) is 2. The lowest BCUT2D eigenvalue weighted by atomic mass is 10.1. The molecule has 0 aliphatic rings. The van der Waals surface area contributed by atoms with E-state index in [2.05, 4.69) is 0 Å². The molecular formula is C15H12O3. The van der Waals surface area contributed by atoms with Crippen molar-refractivity contribution in [1.82, 2.24) is 0 Å². The van der Waals surface area contributed by atoms with Crippen LogP contribution in [0.25, 0.3) is 12.2 Å². The molecule has 0 amide bonds. The highest BCUT2D eigenvalue weighted by molar-refractivity contribution is 5.76. The van der Waals surface area contributed by atoms with Crippen molar-refractivity contribution in [2.75, 3.05) is 0 Å². The lowest BCUT2D eigenvalue weighted by Gasteiger charge is -1.99. The molecule has 0 bridgehead atoms. The molecule has 0 aliphatic heterocycles. The van der Waals surface area contributed by atoms with Crippen molar-refractivity contribution < 1.29 is 15.0 Å². The van der Waals surface area contributed by atoms with E-state index < -0.39 is 0 Å². The van der Waals surface area contributed by atoms with E-state index >= 15 is 0 Å². The molecule has 3 nitrogen and oxygen atoms in total. The van der Waals surface area contributed by atoms with Gasteiger partial charge in [-0.3, -0.25) is 4.79 Å². The maximum absolute atomic E-state index is 10.5. The molecule has 2 aromatic carbocycles. The van der Waals surface area contributed by atoms with E-state index in [1.54, 1.807) is 18.2 Å². The van der Waals surface area contributed by atoms with E-state index in [0.29, 0.717) is 5.56 Å². The van der Waals surface area contributed by atoms with Gasteiger partial charge in [0.1, 0.15) is 6.29 Å². The van der Waals surface area contributed by atoms with E-state index in [0.717, 1.165) is 17.4 Å². The minimum atomic E-state index is -0.145. The Kier molecular flexibility index (Phi) is 3.44. The van der Waals surface area contributed by atoms with Gasteiger partial charge in [0.15, 0.2) is 11.5 Å². The van der Waals surface area contributed by atoms with Gasteiger partial charge in [0.05, 0.1) is 0 Å². The molecule has 0 aliphatic carbocycles. The summed E-state index contributed by atoms with van der Waals surface area (Å²) in [5.41, 5.74) is 2.37. The summed E-state index contributed by atoms with van der Waals surface area (Å²) in [5, 5.41) is 18.5. The van der Waals surface area contributed by atoms with Crippen molar-refractivity contribution >= 4 is 18.4 Å². The maximum Gasteiger partial charge on any atom is 0.157 e. The Morgan fingerprint density at radius 2 is 1.28 bits per heavy atom. The molecule has 0 aromatic heterocycles. The van der Waals surface area contributed by atoms with Crippen LogP contribution in [0.3, 0.4) is 0 Å². The molecule has 90 valence electrons. The Balaban J connectivity index is 2.18. The van der Waals surface area contributed by atoms with Gasteiger partial charge in [0.2, 0.25) is 0 Å². The Hall–Kier alpha value is -2.55. The van der Waals surface area contributed by atoms with Crippen LogP contribution in [-0.4, -0.2) is 16.5 Å². The summed E-state index contributed by atoms with van der Waals surface area (Å²) in [7, 11) is 0. The summed E-state index contributed by atoms with van der Waals surface area (Å²) >= 11 is 0. The first-order valence-corrected chi connectivity index (χ1v) is 5.44. The molecule has 0 unspecified atom stereocenters. The second-order valence-corrected chi connectivity index (χ2v) is 3.87. The van der Waals surface area contributed by atoms with Crippen LogP contribution in [0.4, 0.5) is 0 Å². The third-order valence-electron chi connectivity index (χ3n) is 2.54. The molecule has 0 spiro atoms. The normalized spacial score (nSPS) is 10.7. The van der Waals surface area contributed by atoms with Crippen LogP contribution in [-0.2, 0) is 0 Å². The molecule has 0 radical (unpaired) electrons. The van der Waals surface area contributed by atoms with E-state index in [4.69, 9.17) is 0 Å².